The molecule has 2 aromatic rings. The van der Waals surface area contributed by atoms with Crippen molar-refractivity contribution in [2.75, 3.05) is 13.2 Å². The first-order valence-electron chi connectivity index (χ1n) is 9.92. The van der Waals surface area contributed by atoms with Crippen molar-refractivity contribution in [1.29, 1.82) is 0 Å². The van der Waals surface area contributed by atoms with Crippen LogP contribution in [0.4, 0.5) is 0 Å². The Morgan fingerprint density at radius 2 is 1.48 bits per heavy atom. The molecule has 2 N–H and O–H groups in total. The van der Waals surface area contributed by atoms with Crippen LogP contribution in [0.5, 0.6) is 11.5 Å². The second-order valence-electron chi connectivity index (χ2n) is 7.66. The summed E-state index contributed by atoms with van der Waals surface area (Å²) >= 11 is 0. The Balaban J connectivity index is 1.91. The Kier molecular flexibility index (Phi) is 8.52. The lowest BCUT2D eigenvalue weighted by molar-refractivity contribution is 0.0844. The molecule has 0 aromatic heterocycles. The van der Waals surface area contributed by atoms with Crippen molar-refractivity contribution < 1.29 is 19.1 Å². The van der Waals surface area contributed by atoms with Gasteiger partial charge in [-0.2, -0.15) is 0 Å². The van der Waals surface area contributed by atoms with Crippen LogP contribution in [0.3, 0.4) is 0 Å². The van der Waals surface area contributed by atoms with E-state index in [1.807, 2.05) is 6.07 Å². The van der Waals surface area contributed by atoms with Gasteiger partial charge in [0.05, 0.1) is 18.8 Å². The molecule has 0 radical (unpaired) electrons. The van der Waals surface area contributed by atoms with E-state index >= 15 is 0 Å². The maximum atomic E-state index is 12.5. The molecule has 6 nitrogen and oxygen atoms in total. The molecule has 0 saturated carbocycles. The molecule has 0 atom stereocenters. The van der Waals surface area contributed by atoms with Gasteiger partial charge in [0, 0.05) is 5.56 Å². The molecule has 156 valence electrons. The highest BCUT2D eigenvalue weighted by atomic mass is 16.5. The van der Waals surface area contributed by atoms with Gasteiger partial charge in [-0.15, -0.1) is 0 Å². The van der Waals surface area contributed by atoms with Crippen molar-refractivity contribution in [3.8, 4) is 11.5 Å². The van der Waals surface area contributed by atoms with E-state index in [2.05, 4.69) is 38.5 Å². The summed E-state index contributed by atoms with van der Waals surface area (Å²) in [5.41, 5.74) is 5.66. The van der Waals surface area contributed by atoms with E-state index in [1.165, 1.54) is 0 Å². The first kappa shape index (κ1) is 22.3. The monoisotopic (exact) mass is 398 g/mol. The van der Waals surface area contributed by atoms with Crippen molar-refractivity contribution >= 4 is 11.8 Å². The van der Waals surface area contributed by atoms with Crippen LogP contribution in [0, 0.1) is 11.8 Å². The fraction of sp³-hybridized carbons (Fsp3) is 0.391. The Bertz CT molecular complexity index is 801. The quantitative estimate of drug-likeness (QED) is 0.620. The largest absolute Gasteiger partial charge is 0.493 e. The number of carbonyl (C=O) groups excluding carboxylic acids is 2. The number of carbonyl (C=O) groups is 2. The highest BCUT2D eigenvalue weighted by Gasteiger charge is 2.14. The van der Waals surface area contributed by atoms with Crippen LogP contribution < -0.4 is 20.3 Å². The summed E-state index contributed by atoms with van der Waals surface area (Å²) < 4.78 is 11.3. The maximum absolute atomic E-state index is 12.5. The van der Waals surface area contributed by atoms with Crippen LogP contribution >= 0.6 is 0 Å². The molecule has 29 heavy (non-hydrogen) atoms. The summed E-state index contributed by atoms with van der Waals surface area (Å²) in [6, 6.07) is 13.7. The van der Waals surface area contributed by atoms with Crippen molar-refractivity contribution in [2.45, 2.75) is 34.1 Å². The fourth-order valence-corrected chi connectivity index (χ4v) is 2.40. The third kappa shape index (κ3) is 7.49. The van der Waals surface area contributed by atoms with Gasteiger partial charge in [-0.1, -0.05) is 39.8 Å². The van der Waals surface area contributed by atoms with Gasteiger partial charge in [0.25, 0.3) is 11.8 Å². The Labute approximate surface area is 172 Å². The topological polar surface area (TPSA) is 76.7 Å². The number of ether oxygens (including phenoxy) is 2. The van der Waals surface area contributed by atoms with E-state index in [4.69, 9.17) is 9.47 Å². The highest BCUT2D eigenvalue weighted by Crippen LogP contribution is 2.18. The molecule has 0 fully saturated rings. The minimum absolute atomic E-state index is 0.369. The summed E-state index contributed by atoms with van der Waals surface area (Å²) in [5, 5.41) is 0. The molecule has 0 aliphatic heterocycles. The molecular weight excluding hydrogens is 368 g/mol. The zero-order valence-corrected chi connectivity index (χ0v) is 17.5. The van der Waals surface area contributed by atoms with Gasteiger partial charge >= 0.3 is 0 Å². The van der Waals surface area contributed by atoms with Gasteiger partial charge in [0.1, 0.15) is 11.5 Å². The number of nitrogens with one attached hydrogen (secondary N) is 2. The number of amides is 2. The zero-order valence-electron chi connectivity index (χ0n) is 17.5. The standard InChI is InChI=1S/C23H30N2O4/c1-16(2)13-14-28-21-8-6-5-7-20(21)23(27)25-24-22(26)18-9-11-19(12-10-18)29-15-17(3)4/h5-12,16-17H,13-15H2,1-4H3,(H,24,26)(H,25,27). The Morgan fingerprint density at radius 1 is 0.828 bits per heavy atom. The van der Waals surface area contributed by atoms with Crippen LogP contribution in [0.15, 0.2) is 48.5 Å². The number of hydrogen-bond acceptors (Lipinski definition) is 4. The van der Waals surface area contributed by atoms with E-state index in [-0.39, 0.29) is 0 Å². The number of benzene rings is 2. The summed E-state index contributed by atoms with van der Waals surface area (Å²) in [7, 11) is 0. The second-order valence-corrected chi connectivity index (χ2v) is 7.66. The van der Waals surface area contributed by atoms with Gasteiger partial charge in [-0.25, -0.2) is 0 Å². The summed E-state index contributed by atoms with van der Waals surface area (Å²) in [6.07, 6.45) is 0.892. The second kappa shape index (κ2) is 11.1. The van der Waals surface area contributed by atoms with Crippen LogP contribution in [0.25, 0.3) is 0 Å². The van der Waals surface area contributed by atoms with E-state index in [0.29, 0.717) is 47.7 Å². The molecule has 0 aliphatic carbocycles. The third-order valence-electron chi connectivity index (χ3n) is 4.07. The van der Waals surface area contributed by atoms with Crippen LogP contribution in [-0.4, -0.2) is 25.0 Å². The van der Waals surface area contributed by atoms with Gasteiger partial charge in [0.15, 0.2) is 0 Å². The van der Waals surface area contributed by atoms with Gasteiger partial charge in [0.2, 0.25) is 0 Å². The lowest BCUT2D eigenvalue weighted by Gasteiger charge is -2.13. The predicted octanol–water partition coefficient (Wildman–Crippen LogP) is 4.22. The lowest BCUT2D eigenvalue weighted by atomic mass is 10.1. The molecule has 2 rings (SSSR count). The number of para-hydroxylation sites is 1. The summed E-state index contributed by atoms with van der Waals surface area (Å²) in [6.45, 7) is 9.50. The van der Waals surface area contributed by atoms with Crippen LogP contribution in [0.2, 0.25) is 0 Å². The van der Waals surface area contributed by atoms with Crippen molar-refractivity contribution in [1.82, 2.24) is 10.9 Å². The lowest BCUT2D eigenvalue weighted by Crippen LogP contribution is -2.41. The number of hydrogen-bond donors (Lipinski definition) is 2. The fourth-order valence-electron chi connectivity index (χ4n) is 2.40. The minimum atomic E-state index is -0.435. The molecule has 2 aromatic carbocycles. The molecule has 0 spiro atoms. The van der Waals surface area contributed by atoms with E-state index in [9.17, 15) is 9.59 Å². The Hall–Kier alpha value is -3.02. The molecule has 0 bridgehead atoms. The Morgan fingerprint density at radius 3 is 2.14 bits per heavy atom. The molecule has 6 heteroatoms. The predicted molar refractivity (Wildman–Crippen MR) is 113 cm³/mol. The van der Waals surface area contributed by atoms with Crippen LogP contribution in [0.1, 0.15) is 54.8 Å². The summed E-state index contributed by atoms with van der Waals surface area (Å²) in [4.78, 5) is 24.8. The van der Waals surface area contributed by atoms with Gasteiger partial charge in [-0.05, 0) is 54.7 Å². The van der Waals surface area contributed by atoms with Crippen molar-refractivity contribution in [3.63, 3.8) is 0 Å². The molecule has 2 amide bonds. The molecule has 0 heterocycles. The van der Waals surface area contributed by atoms with Gasteiger partial charge in [-0.3, -0.25) is 20.4 Å². The average molecular weight is 399 g/mol. The first-order chi connectivity index (χ1) is 13.9. The molecule has 0 saturated heterocycles. The van der Waals surface area contributed by atoms with E-state index in [1.54, 1.807) is 42.5 Å². The number of rotatable bonds is 9. The normalized spacial score (nSPS) is 10.7. The number of hydrazine groups is 1. The molecular formula is C23H30N2O4. The first-order valence-corrected chi connectivity index (χ1v) is 9.92. The molecule has 0 aliphatic rings. The maximum Gasteiger partial charge on any atom is 0.273 e. The van der Waals surface area contributed by atoms with E-state index in [0.717, 1.165) is 6.42 Å². The van der Waals surface area contributed by atoms with Crippen molar-refractivity contribution in [2.24, 2.45) is 11.8 Å². The average Bonchev–Trinajstić information content (AvgIpc) is 2.70. The van der Waals surface area contributed by atoms with E-state index < -0.39 is 11.8 Å². The van der Waals surface area contributed by atoms with Crippen LogP contribution in [-0.2, 0) is 0 Å². The molecule has 0 unspecified atom stereocenters. The smallest absolute Gasteiger partial charge is 0.273 e. The minimum Gasteiger partial charge on any atom is -0.493 e. The highest BCUT2D eigenvalue weighted by molar-refractivity contribution is 6.00. The van der Waals surface area contributed by atoms with Gasteiger partial charge < -0.3 is 9.47 Å². The summed E-state index contributed by atoms with van der Waals surface area (Å²) in [5.74, 6) is 1.28. The SMILES string of the molecule is CC(C)CCOc1ccccc1C(=O)NNC(=O)c1ccc(OCC(C)C)cc1. The van der Waals surface area contributed by atoms with Crippen molar-refractivity contribution in [3.05, 3.63) is 59.7 Å². The third-order valence-corrected chi connectivity index (χ3v) is 4.07. The zero-order chi connectivity index (χ0) is 21.2.